The molecule has 0 unspecified atom stereocenters. The van der Waals surface area contributed by atoms with Gasteiger partial charge in [0.2, 0.25) is 5.95 Å². The van der Waals surface area contributed by atoms with Crippen molar-refractivity contribution in [3.8, 4) is 0 Å². The van der Waals surface area contributed by atoms with E-state index in [2.05, 4.69) is 35.7 Å². The molecule has 26 heavy (non-hydrogen) atoms. The third-order valence-electron chi connectivity index (χ3n) is 4.06. The van der Waals surface area contributed by atoms with Crippen LogP contribution in [0.2, 0.25) is 0 Å². The Balaban J connectivity index is 1.92. The molecule has 7 nitrogen and oxygen atoms in total. The molecule has 2 aromatic carbocycles. The number of non-ortho nitro benzene ring substituents is 1. The van der Waals surface area contributed by atoms with Gasteiger partial charge in [-0.3, -0.25) is 10.1 Å². The summed E-state index contributed by atoms with van der Waals surface area (Å²) in [6, 6.07) is 14.3. The van der Waals surface area contributed by atoms with Crippen LogP contribution in [-0.2, 0) is 6.54 Å². The number of aliphatic imine (C=N–C) groups is 1. The van der Waals surface area contributed by atoms with Crippen molar-refractivity contribution in [2.45, 2.75) is 6.54 Å². The largest absolute Gasteiger partial charge is 0.329 e. The van der Waals surface area contributed by atoms with Crippen molar-refractivity contribution in [1.82, 2.24) is 9.55 Å². The van der Waals surface area contributed by atoms with Crippen LogP contribution in [-0.4, -0.2) is 52.9 Å². The molecule has 3 rings (SSSR count). The molecule has 0 N–H and O–H groups in total. The number of hydrogen-bond donors (Lipinski definition) is 0. The Morgan fingerprint density at radius 2 is 1.85 bits per heavy atom. The molecule has 0 aliphatic rings. The summed E-state index contributed by atoms with van der Waals surface area (Å²) in [5.41, 5.74) is 2.82. The Kier molecular flexibility index (Phi) is 4.81. The SMILES string of the molecule is C[N+](C)(C)CCn1c(/N=C/c2ccc([N+](=O)[O-])cc2)nc2ccccc21. The molecule has 0 saturated heterocycles. The molecule has 1 heterocycles. The molecule has 0 atom stereocenters. The zero-order valence-corrected chi connectivity index (χ0v) is 15.2. The summed E-state index contributed by atoms with van der Waals surface area (Å²) in [6.07, 6.45) is 1.69. The summed E-state index contributed by atoms with van der Waals surface area (Å²) in [6.45, 7) is 1.75. The zero-order valence-electron chi connectivity index (χ0n) is 15.2. The Morgan fingerprint density at radius 3 is 2.50 bits per heavy atom. The van der Waals surface area contributed by atoms with Gasteiger partial charge in [-0.25, -0.2) is 9.98 Å². The molecular weight excluding hydrogens is 330 g/mol. The molecule has 1 aromatic heterocycles. The number of rotatable bonds is 6. The number of imidazole rings is 1. The van der Waals surface area contributed by atoms with Gasteiger partial charge in [0.25, 0.3) is 5.69 Å². The van der Waals surface area contributed by atoms with Gasteiger partial charge in [0.15, 0.2) is 0 Å². The summed E-state index contributed by atoms with van der Waals surface area (Å²) in [7, 11) is 6.46. The maximum atomic E-state index is 10.7. The molecule has 0 amide bonds. The molecule has 0 bridgehead atoms. The highest BCUT2D eigenvalue weighted by Crippen LogP contribution is 2.22. The summed E-state index contributed by atoms with van der Waals surface area (Å²) in [4.78, 5) is 19.5. The van der Waals surface area contributed by atoms with Crippen LogP contribution in [0.1, 0.15) is 5.56 Å². The molecule has 134 valence electrons. The topological polar surface area (TPSA) is 73.3 Å². The quantitative estimate of drug-likeness (QED) is 0.295. The molecule has 0 saturated carbocycles. The average molecular weight is 352 g/mol. The van der Waals surface area contributed by atoms with Crippen molar-refractivity contribution in [1.29, 1.82) is 0 Å². The smallest absolute Gasteiger partial charge is 0.269 e. The van der Waals surface area contributed by atoms with Crippen molar-refractivity contribution in [2.75, 3.05) is 27.7 Å². The predicted molar refractivity (Wildman–Crippen MR) is 103 cm³/mol. The van der Waals surface area contributed by atoms with Crippen LogP contribution in [0.3, 0.4) is 0 Å². The predicted octanol–water partition coefficient (Wildman–Crippen LogP) is 3.40. The maximum absolute atomic E-state index is 10.7. The molecule has 3 aromatic rings. The maximum Gasteiger partial charge on any atom is 0.269 e. The van der Waals surface area contributed by atoms with E-state index in [9.17, 15) is 10.1 Å². The molecule has 0 aliphatic carbocycles. The summed E-state index contributed by atoms with van der Waals surface area (Å²) >= 11 is 0. The molecule has 7 heteroatoms. The van der Waals surface area contributed by atoms with E-state index in [1.807, 2.05) is 24.3 Å². The number of nitrogens with zero attached hydrogens (tertiary/aromatic N) is 5. The van der Waals surface area contributed by atoms with Gasteiger partial charge in [0.1, 0.15) is 0 Å². The lowest BCUT2D eigenvalue weighted by Crippen LogP contribution is -2.37. The van der Waals surface area contributed by atoms with Crippen LogP contribution < -0.4 is 0 Å². The molecule has 0 radical (unpaired) electrons. The second-order valence-corrected chi connectivity index (χ2v) is 7.17. The van der Waals surface area contributed by atoms with Crippen LogP contribution in [0.5, 0.6) is 0 Å². The van der Waals surface area contributed by atoms with Gasteiger partial charge < -0.3 is 9.05 Å². The van der Waals surface area contributed by atoms with Gasteiger partial charge in [-0.15, -0.1) is 0 Å². The minimum atomic E-state index is -0.412. The Morgan fingerprint density at radius 1 is 1.15 bits per heavy atom. The lowest BCUT2D eigenvalue weighted by Gasteiger charge is -2.24. The normalized spacial score (nSPS) is 12.1. The third-order valence-corrected chi connectivity index (χ3v) is 4.06. The highest BCUT2D eigenvalue weighted by molar-refractivity contribution is 5.84. The fourth-order valence-corrected chi connectivity index (χ4v) is 2.60. The first-order chi connectivity index (χ1) is 12.3. The second-order valence-electron chi connectivity index (χ2n) is 7.17. The zero-order chi connectivity index (χ0) is 18.7. The molecular formula is C19H22N5O2+. The second kappa shape index (κ2) is 7.05. The van der Waals surface area contributed by atoms with Crippen molar-refractivity contribution in [3.05, 3.63) is 64.2 Å². The summed E-state index contributed by atoms with van der Waals surface area (Å²) < 4.78 is 2.96. The van der Waals surface area contributed by atoms with Gasteiger partial charge in [-0.2, -0.15) is 0 Å². The van der Waals surface area contributed by atoms with E-state index >= 15 is 0 Å². The fraction of sp³-hybridized carbons (Fsp3) is 0.263. The number of nitro groups is 1. The molecule has 0 fully saturated rings. The standard InChI is InChI=1S/C19H22N5O2/c1-24(2,3)13-12-22-18-7-5-4-6-17(18)21-19(22)20-14-15-8-10-16(11-9-15)23(25)26/h4-11,14H,12-13H2,1-3H3/q+1/b20-14+. The number of likely N-dealkylation sites (N-methyl/N-ethyl adjacent to an activating group) is 1. The number of para-hydroxylation sites is 2. The first-order valence-corrected chi connectivity index (χ1v) is 8.38. The minimum Gasteiger partial charge on any atom is -0.329 e. The van der Waals surface area contributed by atoms with Crippen molar-refractivity contribution >= 4 is 28.9 Å². The fourth-order valence-electron chi connectivity index (χ4n) is 2.60. The first-order valence-electron chi connectivity index (χ1n) is 8.38. The van der Waals surface area contributed by atoms with E-state index in [1.165, 1.54) is 12.1 Å². The molecule has 0 spiro atoms. The average Bonchev–Trinajstić information content (AvgIpc) is 2.95. The van der Waals surface area contributed by atoms with Gasteiger partial charge in [-0.1, -0.05) is 12.1 Å². The van der Waals surface area contributed by atoms with Crippen molar-refractivity contribution in [3.63, 3.8) is 0 Å². The van der Waals surface area contributed by atoms with E-state index < -0.39 is 4.92 Å². The lowest BCUT2D eigenvalue weighted by atomic mass is 10.2. The van der Waals surface area contributed by atoms with Crippen LogP contribution >= 0.6 is 0 Å². The number of nitro benzene ring substituents is 1. The number of fused-ring (bicyclic) bond motifs is 1. The van der Waals surface area contributed by atoms with Crippen LogP contribution in [0.4, 0.5) is 11.6 Å². The van der Waals surface area contributed by atoms with Gasteiger partial charge >= 0.3 is 0 Å². The minimum absolute atomic E-state index is 0.0670. The molecule has 0 aliphatic heterocycles. The van der Waals surface area contributed by atoms with E-state index in [4.69, 9.17) is 0 Å². The van der Waals surface area contributed by atoms with Crippen molar-refractivity contribution in [2.24, 2.45) is 4.99 Å². The van der Waals surface area contributed by atoms with Crippen LogP contribution in [0.25, 0.3) is 11.0 Å². The van der Waals surface area contributed by atoms with Gasteiger partial charge in [-0.05, 0) is 29.8 Å². The Hall–Kier alpha value is -3.06. The number of aromatic nitrogens is 2. The van der Waals surface area contributed by atoms with Gasteiger partial charge in [0.05, 0.1) is 50.2 Å². The van der Waals surface area contributed by atoms with Crippen LogP contribution in [0, 0.1) is 10.1 Å². The van der Waals surface area contributed by atoms with Crippen LogP contribution in [0.15, 0.2) is 53.5 Å². The number of benzene rings is 2. The Labute approximate surface area is 152 Å². The first kappa shape index (κ1) is 17.8. The highest BCUT2D eigenvalue weighted by Gasteiger charge is 2.13. The number of quaternary nitrogens is 1. The van der Waals surface area contributed by atoms with E-state index in [-0.39, 0.29) is 5.69 Å². The van der Waals surface area contributed by atoms with E-state index in [0.717, 1.165) is 34.2 Å². The summed E-state index contributed by atoms with van der Waals surface area (Å²) in [5, 5.41) is 10.7. The van der Waals surface area contributed by atoms with E-state index in [0.29, 0.717) is 5.95 Å². The number of hydrogen-bond acceptors (Lipinski definition) is 4. The monoisotopic (exact) mass is 352 g/mol. The summed E-state index contributed by atoms with van der Waals surface area (Å²) in [5.74, 6) is 0.637. The Bertz CT molecular complexity index is 952. The lowest BCUT2D eigenvalue weighted by molar-refractivity contribution is -0.870. The third kappa shape index (κ3) is 4.12. The van der Waals surface area contributed by atoms with Crippen molar-refractivity contribution < 1.29 is 9.41 Å². The van der Waals surface area contributed by atoms with Gasteiger partial charge in [0, 0.05) is 18.3 Å². The highest BCUT2D eigenvalue weighted by atomic mass is 16.6. The van der Waals surface area contributed by atoms with E-state index in [1.54, 1.807) is 18.3 Å².